The zero-order valence-corrected chi connectivity index (χ0v) is 24.1. The van der Waals surface area contributed by atoms with Gasteiger partial charge in [-0.3, -0.25) is 23.9 Å². The SMILES string of the molecule is Cc1cc2c(c(C(=O)Nc3cccc(C(=O)Nc4ccn(C)n4)c3F)n1)CN(c1ccc(-c3c(C)on(C)c3=O)cc1)C2=O. The van der Waals surface area contributed by atoms with Crippen LogP contribution in [0.1, 0.15) is 48.2 Å². The third-order valence-corrected chi connectivity index (χ3v) is 7.30. The van der Waals surface area contributed by atoms with Gasteiger partial charge in [0.05, 0.1) is 23.4 Å². The fourth-order valence-corrected chi connectivity index (χ4v) is 5.21. The van der Waals surface area contributed by atoms with Crippen LogP contribution in [0.4, 0.5) is 21.6 Å². The molecule has 222 valence electrons. The largest absolute Gasteiger partial charge is 0.381 e. The summed E-state index contributed by atoms with van der Waals surface area (Å²) in [6.45, 7) is 3.40. The second-order valence-corrected chi connectivity index (χ2v) is 10.4. The van der Waals surface area contributed by atoms with Crippen molar-refractivity contribution in [2.24, 2.45) is 14.1 Å². The molecule has 2 aromatic carbocycles. The van der Waals surface area contributed by atoms with Gasteiger partial charge in [0.1, 0.15) is 11.5 Å². The molecule has 44 heavy (non-hydrogen) atoms. The molecular formula is C31H26FN7O5. The van der Waals surface area contributed by atoms with Gasteiger partial charge in [-0.25, -0.2) is 9.37 Å². The highest BCUT2D eigenvalue weighted by Gasteiger charge is 2.34. The monoisotopic (exact) mass is 595 g/mol. The van der Waals surface area contributed by atoms with E-state index in [2.05, 4.69) is 20.7 Å². The summed E-state index contributed by atoms with van der Waals surface area (Å²) in [7, 11) is 3.21. The van der Waals surface area contributed by atoms with Crippen LogP contribution in [0.5, 0.6) is 0 Å². The number of amides is 3. The number of benzene rings is 2. The van der Waals surface area contributed by atoms with Gasteiger partial charge in [0, 0.05) is 48.9 Å². The lowest BCUT2D eigenvalue weighted by atomic mass is 10.1. The Labute approximate surface area is 249 Å². The predicted molar refractivity (Wildman–Crippen MR) is 159 cm³/mol. The normalized spacial score (nSPS) is 12.4. The zero-order valence-electron chi connectivity index (χ0n) is 24.1. The summed E-state index contributed by atoms with van der Waals surface area (Å²) in [4.78, 5) is 57.9. The molecule has 0 bridgehead atoms. The average Bonchev–Trinajstić information content (AvgIpc) is 3.63. The number of aryl methyl sites for hydroxylation is 4. The molecule has 1 aliphatic rings. The van der Waals surface area contributed by atoms with Gasteiger partial charge in [0.15, 0.2) is 11.6 Å². The van der Waals surface area contributed by atoms with Crippen LogP contribution in [0.15, 0.2) is 70.1 Å². The van der Waals surface area contributed by atoms with Crippen molar-refractivity contribution in [3.8, 4) is 11.1 Å². The molecule has 0 fully saturated rings. The fourth-order valence-electron chi connectivity index (χ4n) is 5.21. The number of fused-ring (bicyclic) bond motifs is 1. The van der Waals surface area contributed by atoms with Crippen LogP contribution in [0, 0.1) is 19.7 Å². The molecule has 0 saturated heterocycles. The maximum atomic E-state index is 15.4. The minimum absolute atomic E-state index is 0.0345. The number of anilines is 3. The van der Waals surface area contributed by atoms with Crippen LogP contribution in [-0.4, -0.2) is 37.2 Å². The Morgan fingerprint density at radius 3 is 2.39 bits per heavy atom. The van der Waals surface area contributed by atoms with E-state index in [1.54, 1.807) is 63.5 Å². The first kappa shape index (κ1) is 28.3. The number of carbonyl (C=O) groups is 3. The van der Waals surface area contributed by atoms with Gasteiger partial charge >= 0.3 is 0 Å². The molecule has 3 aromatic heterocycles. The highest BCUT2D eigenvalue weighted by atomic mass is 19.1. The van der Waals surface area contributed by atoms with E-state index in [0.29, 0.717) is 39.4 Å². The van der Waals surface area contributed by atoms with Crippen molar-refractivity contribution in [3.05, 3.63) is 111 Å². The fraction of sp³-hybridized carbons (Fsp3) is 0.161. The molecule has 13 heteroatoms. The average molecular weight is 596 g/mol. The van der Waals surface area contributed by atoms with E-state index < -0.39 is 17.6 Å². The van der Waals surface area contributed by atoms with Gasteiger partial charge in [-0.1, -0.05) is 18.2 Å². The number of aromatic nitrogens is 4. The van der Waals surface area contributed by atoms with Crippen molar-refractivity contribution in [1.29, 1.82) is 0 Å². The number of hydrogen-bond donors (Lipinski definition) is 2. The number of hydrogen-bond acceptors (Lipinski definition) is 7. The third kappa shape index (κ3) is 4.93. The molecule has 0 radical (unpaired) electrons. The number of halogens is 1. The maximum absolute atomic E-state index is 15.4. The maximum Gasteiger partial charge on any atom is 0.290 e. The Morgan fingerprint density at radius 2 is 1.73 bits per heavy atom. The van der Waals surface area contributed by atoms with Crippen LogP contribution >= 0.6 is 0 Å². The molecule has 3 amide bonds. The summed E-state index contributed by atoms with van der Waals surface area (Å²) in [5.41, 5.74) is 1.91. The number of pyridine rings is 1. The summed E-state index contributed by atoms with van der Waals surface area (Å²) in [5.74, 6) is -2.01. The Hall–Kier alpha value is -5.85. The second-order valence-electron chi connectivity index (χ2n) is 10.4. The summed E-state index contributed by atoms with van der Waals surface area (Å²) in [5, 5.41) is 9.08. The Kier molecular flexibility index (Phi) is 6.92. The summed E-state index contributed by atoms with van der Waals surface area (Å²) >= 11 is 0. The number of carbonyl (C=O) groups excluding carboxylic acids is 3. The van der Waals surface area contributed by atoms with Crippen LogP contribution in [0.3, 0.4) is 0 Å². The molecule has 0 saturated carbocycles. The molecule has 0 aliphatic carbocycles. The number of rotatable bonds is 6. The van der Waals surface area contributed by atoms with E-state index in [0.717, 1.165) is 4.74 Å². The van der Waals surface area contributed by atoms with Crippen LogP contribution in [0.25, 0.3) is 11.1 Å². The third-order valence-electron chi connectivity index (χ3n) is 7.30. The van der Waals surface area contributed by atoms with E-state index in [1.807, 2.05) is 0 Å². The van der Waals surface area contributed by atoms with Gasteiger partial charge in [0.25, 0.3) is 23.3 Å². The lowest BCUT2D eigenvalue weighted by molar-refractivity contribution is 0.0993. The van der Waals surface area contributed by atoms with Gasteiger partial charge in [0.2, 0.25) is 0 Å². The van der Waals surface area contributed by atoms with Crippen molar-refractivity contribution in [2.75, 3.05) is 15.5 Å². The second kappa shape index (κ2) is 10.8. The first-order valence-corrected chi connectivity index (χ1v) is 13.5. The van der Waals surface area contributed by atoms with Gasteiger partial charge in [-0.2, -0.15) is 9.84 Å². The van der Waals surface area contributed by atoms with Crippen molar-refractivity contribution in [3.63, 3.8) is 0 Å². The minimum Gasteiger partial charge on any atom is -0.381 e. The Bertz CT molecular complexity index is 2040. The molecule has 0 unspecified atom stereocenters. The van der Waals surface area contributed by atoms with E-state index in [9.17, 15) is 19.2 Å². The molecule has 1 aliphatic heterocycles. The number of nitrogens with zero attached hydrogens (tertiary/aromatic N) is 5. The molecular weight excluding hydrogens is 569 g/mol. The molecule has 12 nitrogen and oxygen atoms in total. The lowest BCUT2D eigenvalue weighted by Crippen LogP contribution is -2.23. The van der Waals surface area contributed by atoms with Crippen molar-refractivity contribution in [1.82, 2.24) is 19.5 Å². The molecule has 2 N–H and O–H groups in total. The van der Waals surface area contributed by atoms with Gasteiger partial charge in [-0.15, -0.1) is 0 Å². The number of nitrogens with one attached hydrogen (secondary N) is 2. The molecule has 6 rings (SSSR count). The Morgan fingerprint density at radius 1 is 0.977 bits per heavy atom. The van der Waals surface area contributed by atoms with Gasteiger partial charge in [-0.05, 0) is 49.7 Å². The zero-order chi connectivity index (χ0) is 31.3. The first-order chi connectivity index (χ1) is 21.0. The summed E-state index contributed by atoms with van der Waals surface area (Å²) < 4.78 is 23.4. The van der Waals surface area contributed by atoms with Crippen molar-refractivity contribution >= 4 is 34.9 Å². The van der Waals surface area contributed by atoms with E-state index in [1.165, 1.54) is 34.8 Å². The predicted octanol–water partition coefficient (Wildman–Crippen LogP) is 4.19. The Balaban J connectivity index is 1.25. The van der Waals surface area contributed by atoms with Crippen LogP contribution in [0.2, 0.25) is 0 Å². The van der Waals surface area contributed by atoms with E-state index >= 15 is 4.39 Å². The minimum atomic E-state index is -0.931. The molecule has 0 spiro atoms. The highest BCUT2D eigenvalue weighted by Crippen LogP contribution is 2.32. The van der Waals surface area contributed by atoms with Crippen LogP contribution in [-0.2, 0) is 20.6 Å². The first-order valence-electron chi connectivity index (χ1n) is 13.5. The highest BCUT2D eigenvalue weighted by molar-refractivity contribution is 6.14. The van der Waals surface area contributed by atoms with E-state index in [-0.39, 0.29) is 40.8 Å². The van der Waals surface area contributed by atoms with Crippen molar-refractivity contribution in [2.45, 2.75) is 20.4 Å². The smallest absolute Gasteiger partial charge is 0.290 e. The molecule has 4 heterocycles. The van der Waals surface area contributed by atoms with E-state index in [4.69, 9.17) is 4.52 Å². The standard InChI is InChI=1S/C31H26FN7O5/c1-16-14-21-22(15-39(30(21)42)19-10-8-18(9-11-19)25-17(2)44-38(4)31(25)43)27(33-16)29(41)34-23-7-5-6-20(26(23)32)28(40)35-24-12-13-37(3)36-24/h5-14H,15H2,1-4H3,(H,34,41)(H,35,36,40). The quantitative estimate of drug-likeness (QED) is 0.299. The lowest BCUT2D eigenvalue weighted by Gasteiger charge is -2.16. The van der Waals surface area contributed by atoms with Gasteiger partial charge < -0.3 is 20.1 Å². The van der Waals surface area contributed by atoms with Crippen LogP contribution < -0.4 is 21.1 Å². The molecule has 5 aromatic rings. The summed E-state index contributed by atoms with van der Waals surface area (Å²) in [6, 6.07) is 14.1. The summed E-state index contributed by atoms with van der Waals surface area (Å²) in [6.07, 6.45) is 1.63. The molecule has 0 atom stereocenters. The van der Waals surface area contributed by atoms with Crippen molar-refractivity contribution < 1.29 is 23.3 Å². The topological polar surface area (TPSA) is 144 Å².